The number of phosphoric ester groups is 2. The van der Waals surface area contributed by atoms with Crippen molar-refractivity contribution in [1.82, 2.24) is 0 Å². The largest absolute Gasteiger partial charge is 0.472 e. The molecular formula is C79H154O17P2. The molecule has 0 fully saturated rings. The lowest BCUT2D eigenvalue weighted by molar-refractivity contribution is -0.161. The van der Waals surface area contributed by atoms with Crippen molar-refractivity contribution in [2.75, 3.05) is 39.6 Å². The lowest BCUT2D eigenvalue weighted by Gasteiger charge is -2.21. The molecule has 0 aromatic carbocycles. The van der Waals surface area contributed by atoms with Gasteiger partial charge in [-0.05, 0) is 49.4 Å². The van der Waals surface area contributed by atoms with Crippen LogP contribution in [0.25, 0.3) is 0 Å². The van der Waals surface area contributed by atoms with Gasteiger partial charge in [-0.3, -0.25) is 37.3 Å². The highest BCUT2D eigenvalue weighted by molar-refractivity contribution is 7.47. The SMILES string of the molecule is CCC(C)CCCCCCCCCCCCCCCCCCCCC(=O)O[C@H](COC(=O)CCCCCCCCCCC(C)CC)COP(=O)(O)OC[C@@H](O)COP(=O)(O)OC[C@@H](COC(=O)CCCCCCCCC(C)CC)OC(=O)CCCCCCCCCCCCCC(C)C. The molecule has 19 heteroatoms. The predicted molar refractivity (Wildman–Crippen MR) is 400 cm³/mol. The number of aliphatic hydroxyl groups is 1. The van der Waals surface area contributed by atoms with Crippen LogP contribution in [0.15, 0.2) is 0 Å². The molecule has 0 bridgehead atoms. The quantitative estimate of drug-likeness (QED) is 0.0222. The third-order valence-corrected chi connectivity index (χ3v) is 21.3. The van der Waals surface area contributed by atoms with Gasteiger partial charge in [-0.1, -0.05) is 351 Å². The summed E-state index contributed by atoms with van der Waals surface area (Å²) >= 11 is 0. The first-order chi connectivity index (χ1) is 47.2. The molecule has 0 aliphatic heterocycles. The minimum atomic E-state index is -4.96. The molecule has 98 heavy (non-hydrogen) atoms. The van der Waals surface area contributed by atoms with Crippen molar-refractivity contribution < 1.29 is 80.2 Å². The van der Waals surface area contributed by atoms with E-state index in [2.05, 4.69) is 55.4 Å². The Bertz CT molecular complexity index is 1930. The Labute approximate surface area is 600 Å². The van der Waals surface area contributed by atoms with Gasteiger partial charge in [-0.15, -0.1) is 0 Å². The Morgan fingerprint density at radius 1 is 0.286 bits per heavy atom. The second-order valence-electron chi connectivity index (χ2n) is 29.7. The number of ether oxygens (including phenoxy) is 4. The number of rotatable bonds is 76. The minimum Gasteiger partial charge on any atom is -0.462 e. The van der Waals surface area contributed by atoms with E-state index in [-0.39, 0.29) is 25.7 Å². The van der Waals surface area contributed by atoms with Gasteiger partial charge in [0.05, 0.1) is 26.4 Å². The summed E-state index contributed by atoms with van der Waals surface area (Å²) in [6, 6.07) is 0. The maximum absolute atomic E-state index is 13.1. The Kier molecular flexibility index (Phi) is 66.8. The van der Waals surface area contributed by atoms with Crippen LogP contribution in [0.1, 0.15) is 402 Å². The van der Waals surface area contributed by atoms with Crippen molar-refractivity contribution in [3.8, 4) is 0 Å². The predicted octanol–water partition coefficient (Wildman–Crippen LogP) is 23.2. The summed E-state index contributed by atoms with van der Waals surface area (Å²) in [6.45, 7) is 14.3. The molecule has 0 saturated carbocycles. The molecular weight excluding hydrogens is 1280 g/mol. The molecule has 0 aromatic rings. The molecule has 0 heterocycles. The third-order valence-electron chi connectivity index (χ3n) is 19.4. The van der Waals surface area contributed by atoms with Gasteiger partial charge >= 0.3 is 39.5 Å². The molecule has 0 spiro atoms. The van der Waals surface area contributed by atoms with Crippen LogP contribution < -0.4 is 0 Å². The summed E-state index contributed by atoms with van der Waals surface area (Å²) in [6.07, 6.45) is 54.1. The van der Waals surface area contributed by atoms with Gasteiger partial charge < -0.3 is 33.8 Å². The van der Waals surface area contributed by atoms with E-state index in [1.54, 1.807) is 0 Å². The fourth-order valence-electron chi connectivity index (χ4n) is 12.0. The van der Waals surface area contributed by atoms with Gasteiger partial charge in [0.2, 0.25) is 0 Å². The smallest absolute Gasteiger partial charge is 0.462 e. The van der Waals surface area contributed by atoms with Gasteiger partial charge in [0, 0.05) is 25.7 Å². The van der Waals surface area contributed by atoms with Gasteiger partial charge in [-0.2, -0.15) is 0 Å². The second-order valence-corrected chi connectivity index (χ2v) is 32.6. The molecule has 0 radical (unpaired) electrons. The molecule has 0 aromatic heterocycles. The zero-order valence-electron chi connectivity index (χ0n) is 64.4. The number of carbonyl (C=O) groups excluding carboxylic acids is 4. The fourth-order valence-corrected chi connectivity index (χ4v) is 13.6. The Balaban J connectivity index is 5.20. The number of hydrogen-bond acceptors (Lipinski definition) is 15. The van der Waals surface area contributed by atoms with Crippen molar-refractivity contribution in [3.63, 3.8) is 0 Å². The lowest BCUT2D eigenvalue weighted by atomic mass is 9.99. The Hall–Kier alpha value is -1.94. The first-order valence-corrected chi connectivity index (χ1v) is 43.8. The number of aliphatic hydroxyl groups excluding tert-OH is 1. The number of unbranched alkanes of at least 4 members (excludes halogenated alkanes) is 39. The molecule has 5 unspecified atom stereocenters. The molecule has 17 nitrogen and oxygen atoms in total. The highest BCUT2D eigenvalue weighted by Crippen LogP contribution is 2.45. The van der Waals surface area contributed by atoms with Crippen LogP contribution in [0.2, 0.25) is 0 Å². The minimum absolute atomic E-state index is 0.105. The van der Waals surface area contributed by atoms with E-state index in [9.17, 15) is 43.2 Å². The van der Waals surface area contributed by atoms with Crippen LogP contribution in [0, 0.1) is 23.7 Å². The Morgan fingerprint density at radius 3 is 0.724 bits per heavy atom. The molecule has 3 N–H and O–H groups in total. The zero-order chi connectivity index (χ0) is 72.4. The average Bonchev–Trinajstić information content (AvgIpc) is 3.22. The molecule has 0 aliphatic rings. The lowest BCUT2D eigenvalue weighted by Crippen LogP contribution is -2.30. The van der Waals surface area contributed by atoms with E-state index in [4.69, 9.17) is 37.0 Å². The van der Waals surface area contributed by atoms with E-state index < -0.39 is 97.5 Å². The monoisotopic (exact) mass is 1440 g/mol. The summed E-state index contributed by atoms with van der Waals surface area (Å²) in [5.41, 5.74) is 0. The molecule has 582 valence electrons. The van der Waals surface area contributed by atoms with Gasteiger partial charge in [-0.25, -0.2) is 9.13 Å². The van der Waals surface area contributed by atoms with Crippen LogP contribution in [0.5, 0.6) is 0 Å². The van der Waals surface area contributed by atoms with E-state index in [0.29, 0.717) is 25.7 Å². The summed E-state index contributed by atoms with van der Waals surface area (Å²) < 4.78 is 68.6. The van der Waals surface area contributed by atoms with E-state index in [1.807, 2.05) is 0 Å². The summed E-state index contributed by atoms with van der Waals surface area (Å²) in [7, 11) is -9.92. The number of esters is 4. The Morgan fingerprint density at radius 2 is 0.490 bits per heavy atom. The van der Waals surface area contributed by atoms with Gasteiger partial charge in [0.25, 0.3) is 0 Å². The summed E-state index contributed by atoms with van der Waals surface area (Å²) in [5, 5.41) is 10.6. The second kappa shape index (κ2) is 68.2. The fraction of sp³-hybridized carbons (Fsp3) is 0.949. The van der Waals surface area contributed by atoms with Crippen LogP contribution >= 0.6 is 15.6 Å². The molecule has 0 aliphatic carbocycles. The molecule has 0 saturated heterocycles. The standard InChI is InChI=1S/C79H154O17P2/c1-9-70(6)56-48-40-32-26-22-18-16-14-12-13-15-17-19-23-27-35-45-53-61-78(83)95-74(65-89-76(81)59-51-43-34-30-29-33-41-49-57-71(7)10-2)67-93-97(85,86)91-63-73(80)64-92-98(87,88)94-68-75(66-90-77(82)60-52-44-38-37-42-50-58-72(8)11-3)96-79(84)62-54-46-36-28-24-20-21-25-31-39-47-55-69(4)5/h69-75,80H,9-68H2,1-8H3,(H,85,86)(H,87,88)/t70?,71?,72?,73-,74-,75-/m1/s1. The first kappa shape index (κ1) is 96.1. The van der Waals surface area contributed by atoms with Gasteiger partial charge in [0.15, 0.2) is 12.2 Å². The van der Waals surface area contributed by atoms with Crippen LogP contribution in [0.4, 0.5) is 0 Å². The van der Waals surface area contributed by atoms with Crippen molar-refractivity contribution in [2.24, 2.45) is 23.7 Å². The van der Waals surface area contributed by atoms with E-state index in [1.165, 1.54) is 199 Å². The van der Waals surface area contributed by atoms with Crippen LogP contribution in [-0.4, -0.2) is 96.7 Å². The molecule has 0 rings (SSSR count). The van der Waals surface area contributed by atoms with Crippen molar-refractivity contribution >= 4 is 39.5 Å². The van der Waals surface area contributed by atoms with Gasteiger partial charge in [0.1, 0.15) is 19.3 Å². The zero-order valence-corrected chi connectivity index (χ0v) is 66.2. The number of hydrogen-bond donors (Lipinski definition) is 3. The van der Waals surface area contributed by atoms with E-state index >= 15 is 0 Å². The number of phosphoric acid groups is 2. The maximum Gasteiger partial charge on any atom is 0.472 e. The van der Waals surface area contributed by atoms with E-state index in [0.717, 1.165) is 120 Å². The average molecular weight is 1440 g/mol. The van der Waals surface area contributed by atoms with Crippen LogP contribution in [-0.2, 0) is 65.4 Å². The number of carbonyl (C=O) groups is 4. The van der Waals surface area contributed by atoms with Crippen LogP contribution in [0.3, 0.4) is 0 Å². The first-order valence-electron chi connectivity index (χ1n) is 40.8. The van der Waals surface area contributed by atoms with Crippen molar-refractivity contribution in [1.29, 1.82) is 0 Å². The summed E-state index contributed by atoms with van der Waals surface area (Å²) in [4.78, 5) is 72.9. The third kappa shape index (κ3) is 68.5. The van der Waals surface area contributed by atoms with Crippen molar-refractivity contribution in [2.45, 2.75) is 420 Å². The topological polar surface area (TPSA) is 237 Å². The molecule has 8 atom stereocenters. The van der Waals surface area contributed by atoms with Crippen molar-refractivity contribution in [3.05, 3.63) is 0 Å². The summed E-state index contributed by atoms with van der Waals surface area (Å²) in [5.74, 6) is 1.03. The molecule has 0 amide bonds. The maximum atomic E-state index is 13.1. The highest BCUT2D eigenvalue weighted by Gasteiger charge is 2.30. The normalized spacial score (nSPS) is 14.9. The highest BCUT2D eigenvalue weighted by atomic mass is 31.2.